The third-order valence-corrected chi connectivity index (χ3v) is 14.8. The molecule has 1 atom stereocenters. The van der Waals surface area contributed by atoms with E-state index in [1.54, 1.807) is 27.7 Å². The summed E-state index contributed by atoms with van der Waals surface area (Å²) in [5.74, 6) is -2.32. The van der Waals surface area contributed by atoms with Gasteiger partial charge >= 0.3 is 23.9 Å². The zero-order chi connectivity index (χ0) is 29.8. The molecule has 0 aromatic rings. The van der Waals surface area contributed by atoms with Crippen LogP contribution < -0.4 is 0 Å². The first-order chi connectivity index (χ1) is 17.8. The largest absolute Gasteiger partial charge is 0.466 e. The molecule has 0 aromatic carbocycles. The minimum Gasteiger partial charge on any atom is -0.466 e. The standard InChI is InChI=1S/C10H19O6PS2.C10H17O6PS2/c2*1-5-15-9(11)7-8(10(12)16-6-2)19-17(18,13-3)14-4/h8H,5-7H2,1-4H3;7H,5-6H2,1-4H3. The van der Waals surface area contributed by atoms with E-state index in [9.17, 15) is 19.2 Å². The number of ether oxygens (including phenoxy) is 4. The Morgan fingerprint density at radius 2 is 1.21 bits per heavy atom. The van der Waals surface area contributed by atoms with E-state index in [2.05, 4.69) is 0 Å². The van der Waals surface area contributed by atoms with Gasteiger partial charge in [0.05, 0.1) is 32.8 Å². The third-order valence-electron chi connectivity index (χ3n) is 3.58. The molecule has 0 spiro atoms. The van der Waals surface area contributed by atoms with Gasteiger partial charge in [0.25, 0.3) is 5.69 Å². The first-order valence-corrected chi connectivity index (χ1v) is 19.2. The minimum atomic E-state index is -2.72. The predicted octanol–water partition coefficient (Wildman–Crippen LogP) is 4.37. The van der Waals surface area contributed by atoms with Crippen molar-refractivity contribution in [3.05, 3.63) is 11.0 Å². The second-order valence-electron chi connectivity index (χ2n) is 6.05. The fourth-order valence-electron chi connectivity index (χ4n) is 1.97. The van der Waals surface area contributed by atoms with Gasteiger partial charge in [0.15, 0.2) is 0 Å². The normalized spacial score (nSPS) is 12.5. The Labute approximate surface area is 242 Å². The molecule has 0 aliphatic carbocycles. The van der Waals surface area contributed by atoms with Crippen LogP contribution in [0.5, 0.6) is 0 Å². The molecule has 0 bridgehead atoms. The molecule has 0 radical (unpaired) electrons. The molecule has 0 N–H and O–H groups in total. The van der Waals surface area contributed by atoms with E-state index in [0.29, 0.717) is 0 Å². The fourth-order valence-corrected chi connectivity index (χ4v) is 8.93. The van der Waals surface area contributed by atoms with E-state index in [-0.39, 0.29) is 37.8 Å². The minimum absolute atomic E-state index is 0.00679. The average Bonchev–Trinajstić information content (AvgIpc) is 2.88. The summed E-state index contributed by atoms with van der Waals surface area (Å²) in [7, 11) is 5.57. The number of hydrogen-bond donors (Lipinski definition) is 0. The highest BCUT2D eigenvalue weighted by molar-refractivity contribution is 8.69. The number of carbonyl (C=O) groups excluding carboxylic acids is 4. The second-order valence-corrected chi connectivity index (χ2v) is 19.0. The van der Waals surface area contributed by atoms with Crippen molar-refractivity contribution in [1.82, 2.24) is 0 Å². The van der Waals surface area contributed by atoms with Crippen LogP contribution in [0.2, 0.25) is 0 Å². The molecule has 0 aliphatic heterocycles. The lowest BCUT2D eigenvalue weighted by Gasteiger charge is -2.21. The number of esters is 4. The van der Waals surface area contributed by atoms with Crippen LogP contribution in [0.25, 0.3) is 0 Å². The average molecular weight is 659 g/mol. The Morgan fingerprint density at radius 3 is 1.63 bits per heavy atom. The van der Waals surface area contributed by atoms with Crippen LogP contribution in [0.1, 0.15) is 34.1 Å². The first-order valence-electron chi connectivity index (χ1n) is 11.0. The van der Waals surface area contributed by atoms with Crippen molar-refractivity contribution in [2.24, 2.45) is 0 Å². The highest BCUT2D eigenvalue weighted by Gasteiger charge is 2.32. The van der Waals surface area contributed by atoms with Gasteiger partial charge < -0.3 is 37.0 Å². The molecular formula is C20H36O12P2S4. The maximum absolute atomic E-state index is 11.8. The Bertz CT molecular complexity index is 868. The van der Waals surface area contributed by atoms with Crippen LogP contribution >= 0.6 is 34.2 Å². The van der Waals surface area contributed by atoms with Crippen LogP contribution in [0.15, 0.2) is 11.0 Å². The molecule has 0 fully saturated rings. The summed E-state index contributed by atoms with van der Waals surface area (Å²) < 4.78 is 39.6. The van der Waals surface area contributed by atoms with Gasteiger partial charge in [-0.25, -0.2) is 9.59 Å². The summed E-state index contributed by atoms with van der Waals surface area (Å²) in [5.41, 5.74) is -5.37. The van der Waals surface area contributed by atoms with Crippen LogP contribution in [0, 0.1) is 0 Å². The molecule has 0 heterocycles. The Morgan fingerprint density at radius 1 is 0.737 bits per heavy atom. The molecule has 0 aromatic heterocycles. The molecule has 0 rings (SSSR count). The lowest BCUT2D eigenvalue weighted by Crippen LogP contribution is -2.24. The monoisotopic (exact) mass is 658 g/mol. The molecular weight excluding hydrogens is 622 g/mol. The van der Waals surface area contributed by atoms with E-state index >= 15 is 0 Å². The van der Waals surface area contributed by atoms with Crippen LogP contribution in [0.4, 0.5) is 0 Å². The molecule has 222 valence electrons. The second kappa shape index (κ2) is 22.2. The van der Waals surface area contributed by atoms with Gasteiger partial charge in [-0.05, 0) is 62.7 Å². The van der Waals surface area contributed by atoms with Gasteiger partial charge in [-0.2, -0.15) is 0 Å². The molecule has 0 amide bonds. The van der Waals surface area contributed by atoms with E-state index in [1.807, 2.05) is 0 Å². The molecule has 0 saturated carbocycles. The molecule has 38 heavy (non-hydrogen) atoms. The van der Waals surface area contributed by atoms with Crippen LogP contribution in [-0.2, 0) is 79.8 Å². The zero-order valence-corrected chi connectivity index (χ0v) is 27.7. The van der Waals surface area contributed by atoms with Crippen molar-refractivity contribution < 1.29 is 56.2 Å². The van der Waals surface area contributed by atoms with Crippen molar-refractivity contribution in [3.63, 3.8) is 0 Å². The number of hydrogen-bond acceptors (Lipinski definition) is 16. The Kier molecular flexibility index (Phi) is 23.1. The summed E-state index contributed by atoms with van der Waals surface area (Å²) >= 11 is 12.2. The Balaban J connectivity index is 0. The topological polar surface area (TPSA) is 142 Å². The summed E-state index contributed by atoms with van der Waals surface area (Å²) in [6.45, 7) is 7.57. The summed E-state index contributed by atoms with van der Waals surface area (Å²) in [4.78, 5) is 46.4. The quantitative estimate of drug-likeness (QED) is 0.0944. The van der Waals surface area contributed by atoms with Crippen molar-refractivity contribution in [2.45, 2.75) is 39.4 Å². The van der Waals surface area contributed by atoms with Crippen LogP contribution in [0.3, 0.4) is 0 Å². The smallest absolute Gasteiger partial charge is 0.345 e. The molecule has 1 unspecified atom stereocenters. The highest BCUT2D eigenvalue weighted by atomic mass is 32.9. The number of carbonyl (C=O) groups is 4. The number of rotatable bonds is 17. The van der Waals surface area contributed by atoms with E-state index in [1.165, 1.54) is 28.4 Å². The predicted molar refractivity (Wildman–Crippen MR) is 155 cm³/mol. The summed E-state index contributed by atoms with van der Waals surface area (Å²) in [5, 5.41) is -0.787. The first kappa shape index (κ1) is 39.6. The van der Waals surface area contributed by atoms with Gasteiger partial charge in [-0.1, -0.05) is 11.4 Å². The maximum Gasteiger partial charge on any atom is 0.345 e. The van der Waals surface area contributed by atoms with Crippen molar-refractivity contribution in [3.8, 4) is 0 Å². The van der Waals surface area contributed by atoms with E-state index < -0.39 is 40.5 Å². The summed E-state index contributed by atoms with van der Waals surface area (Å²) in [6.07, 6.45) is 0.910. The summed E-state index contributed by atoms with van der Waals surface area (Å²) in [6, 6.07) is 0. The zero-order valence-electron chi connectivity index (χ0n) is 22.6. The van der Waals surface area contributed by atoms with Crippen molar-refractivity contribution >= 4 is 81.6 Å². The molecule has 18 heteroatoms. The third kappa shape index (κ3) is 17.2. The van der Waals surface area contributed by atoms with Gasteiger partial charge in [0.1, 0.15) is 10.2 Å². The Hall–Kier alpha value is -0.540. The van der Waals surface area contributed by atoms with E-state index in [4.69, 9.17) is 60.7 Å². The molecule has 0 aliphatic rings. The van der Waals surface area contributed by atoms with Gasteiger partial charge in [-0.3, -0.25) is 9.59 Å². The molecule has 0 saturated heterocycles. The highest BCUT2D eigenvalue weighted by Crippen LogP contribution is 2.63. The van der Waals surface area contributed by atoms with Gasteiger partial charge in [0.2, 0.25) is 5.69 Å². The maximum atomic E-state index is 11.8. The van der Waals surface area contributed by atoms with Gasteiger partial charge in [-0.15, -0.1) is 0 Å². The van der Waals surface area contributed by atoms with Crippen molar-refractivity contribution in [2.75, 3.05) is 54.9 Å². The lowest BCUT2D eigenvalue weighted by molar-refractivity contribution is -0.149. The van der Waals surface area contributed by atoms with Crippen molar-refractivity contribution in [1.29, 1.82) is 0 Å². The van der Waals surface area contributed by atoms with Crippen LogP contribution in [-0.4, -0.2) is 84.0 Å². The van der Waals surface area contributed by atoms with E-state index in [0.717, 1.165) is 28.8 Å². The molecule has 12 nitrogen and oxygen atoms in total. The fraction of sp³-hybridized carbons (Fsp3) is 0.700. The van der Waals surface area contributed by atoms with Gasteiger partial charge in [0, 0.05) is 34.5 Å². The SMILES string of the molecule is CCOC(=O)C=C(SP(=S)(OC)OC)C(=O)OCC.CCOC(=O)CC(SP(=S)(OC)OC)C(=O)OCC. The lowest BCUT2D eigenvalue weighted by atomic mass is 10.3.